The number of nitro groups is 1. The monoisotopic (exact) mass is 344 g/mol. The molecule has 0 aliphatic carbocycles. The zero-order valence-corrected chi connectivity index (χ0v) is 13.9. The number of carbonyl (C=O) groups is 1. The highest BCUT2D eigenvalue weighted by Crippen LogP contribution is 2.21. The smallest absolute Gasteiger partial charge is 0.276 e. The van der Waals surface area contributed by atoms with Gasteiger partial charge in [-0.25, -0.2) is 4.68 Å². The van der Waals surface area contributed by atoms with Crippen LogP contribution in [0.1, 0.15) is 36.7 Å². The number of likely N-dealkylation sites (tertiary alicyclic amines) is 1. The molecule has 2 N–H and O–H groups in total. The molecular formula is C16H20N6O3. The lowest BCUT2D eigenvalue weighted by Gasteiger charge is -2.37. The first-order chi connectivity index (χ1) is 12.0. The largest absolute Gasteiger partial charge is 0.333 e. The van der Waals surface area contributed by atoms with Crippen molar-refractivity contribution >= 4 is 11.6 Å². The van der Waals surface area contributed by atoms with Gasteiger partial charge in [0.2, 0.25) is 0 Å². The number of nitrogens with two attached hydrogens (primary N) is 1. The summed E-state index contributed by atoms with van der Waals surface area (Å²) in [5.41, 5.74) is 6.65. The Kier molecular flexibility index (Phi) is 4.75. The number of hydrogen-bond acceptors (Lipinski definition) is 6. The van der Waals surface area contributed by atoms with E-state index in [2.05, 4.69) is 10.3 Å². The topological polar surface area (TPSA) is 120 Å². The third-order valence-corrected chi connectivity index (χ3v) is 4.43. The fraction of sp³-hybridized carbons (Fsp3) is 0.438. The summed E-state index contributed by atoms with van der Waals surface area (Å²) in [4.78, 5) is 25.0. The van der Waals surface area contributed by atoms with Crippen LogP contribution in [0.3, 0.4) is 0 Å². The van der Waals surface area contributed by atoms with Gasteiger partial charge in [0.1, 0.15) is 0 Å². The van der Waals surface area contributed by atoms with E-state index in [0.717, 1.165) is 19.3 Å². The zero-order chi connectivity index (χ0) is 18.0. The minimum Gasteiger partial charge on any atom is -0.333 e. The van der Waals surface area contributed by atoms with Crippen LogP contribution in [0.15, 0.2) is 30.5 Å². The molecule has 2 atom stereocenters. The van der Waals surface area contributed by atoms with Crippen molar-refractivity contribution in [1.82, 2.24) is 19.9 Å². The molecule has 9 nitrogen and oxygen atoms in total. The van der Waals surface area contributed by atoms with Crippen LogP contribution in [-0.4, -0.2) is 49.4 Å². The standard InChI is InChI=1S/C16H20N6O3/c1-11(17)15-7-2-3-8-20(15)16(23)14-10-21(19-18-14)12-5-4-6-13(9-12)22(24)25/h4-6,9-11,15H,2-3,7-8,17H2,1H3. The molecule has 1 saturated heterocycles. The molecule has 1 aliphatic heterocycles. The first kappa shape index (κ1) is 17.0. The van der Waals surface area contributed by atoms with E-state index < -0.39 is 4.92 Å². The Hall–Kier alpha value is -2.81. The molecule has 0 spiro atoms. The van der Waals surface area contributed by atoms with Gasteiger partial charge < -0.3 is 10.6 Å². The van der Waals surface area contributed by atoms with Crippen molar-refractivity contribution in [1.29, 1.82) is 0 Å². The van der Waals surface area contributed by atoms with Gasteiger partial charge >= 0.3 is 0 Å². The van der Waals surface area contributed by atoms with Crippen molar-refractivity contribution < 1.29 is 9.72 Å². The van der Waals surface area contributed by atoms with E-state index in [1.807, 2.05) is 6.92 Å². The molecule has 0 saturated carbocycles. The highest BCUT2D eigenvalue weighted by molar-refractivity contribution is 5.92. The summed E-state index contributed by atoms with van der Waals surface area (Å²) in [6.07, 6.45) is 4.36. The van der Waals surface area contributed by atoms with Crippen LogP contribution in [0.4, 0.5) is 5.69 Å². The number of rotatable bonds is 4. The van der Waals surface area contributed by atoms with E-state index in [0.29, 0.717) is 12.2 Å². The zero-order valence-electron chi connectivity index (χ0n) is 13.9. The number of hydrogen-bond donors (Lipinski definition) is 1. The van der Waals surface area contributed by atoms with Crippen molar-refractivity contribution in [3.8, 4) is 5.69 Å². The van der Waals surface area contributed by atoms with Crippen LogP contribution in [0.25, 0.3) is 5.69 Å². The molecule has 2 heterocycles. The van der Waals surface area contributed by atoms with Crippen LogP contribution in [0.2, 0.25) is 0 Å². The molecular weight excluding hydrogens is 324 g/mol. The fourth-order valence-electron chi connectivity index (χ4n) is 3.14. The summed E-state index contributed by atoms with van der Waals surface area (Å²) in [5, 5.41) is 18.8. The van der Waals surface area contributed by atoms with Gasteiger partial charge in [0.05, 0.1) is 16.8 Å². The Morgan fingerprint density at radius 1 is 1.44 bits per heavy atom. The molecule has 1 aromatic carbocycles. The van der Waals surface area contributed by atoms with Crippen molar-refractivity contribution in [3.05, 3.63) is 46.3 Å². The van der Waals surface area contributed by atoms with Gasteiger partial charge in [0.15, 0.2) is 5.69 Å². The van der Waals surface area contributed by atoms with Crippen LogP contribution in [0, 0.1) is 10.1 Å². The van der Waals surface area contributed by atoms with Gasteiger partial charge in [-0.3, -0.25) is 14.9 Å². The summed E-state index contributed by atoms with van der Waals surface area (Å²) >= 11 is 0. The predicted octanol–water partition coefficient (Wildman–Crippen LogP) is 1.52. The third kappa shape index (κ3) is 3.50. The number of aromatic nitrogens is 3. The van der Waals surface area contributed by atoms with Crippen molar-refractivity contribution in [2.75, 3.05) is 6.54 Å². The number of nitrogens with zero attached hydrogens (tertiary/aromatic N) is 5. The Balaban J connectivity index is 1.84. The Bertz CT molecular complexity index is 788. The van der Waals surface area contributed by atoms with Crippen molar-refractivity contribution in [2.24, 2.45) is 5.73 Å². The highest BCUT2D eigenvalue weighted by Gasteiger charge is 2.31. The summed E-state index contributed by atoms with van der Waals surface area (Å²) in [6, 6.07) is 5.89. The lowest BCUT2D eigenvalue weighted by molar-refractivity contribution is -0.384. The van der Waals surface area contributed by atoms with Crippen LogP contribution in [0.5, 0.6) is 0 Å². The Labute approximate surface area is 144 Å². The number of piperidine rings is 1. The van der Waals surface area contributed by atoms with Gasteiger partial charge in [-0.1, -0.05) is 11.3 Å². The van der Waals surface area contributed by atoms with E-state index in [-0.39, 0.29) is 29.4 Å². The lowest BCUT2D eigenvalue weighted by atomic mass is 9.96. The number of non-ortho nitro benzene ring substituents is 1. The Morgan fingerprint density at radius 3 is 2.96 bits per heavy atom. The molecule has 1 aliphatic rings. The number of benzene rings is 1. The van der Waals surface area contributed by atoms with E-state index in [1.54, 1.807) is 17.0 Å². The van der Waals surface area contributed by atoms with Crippen LogP contribution < -0.4 is 5.73 Å². The lowest BCUT2D eigenvalue weighted by Crippen LogP contribution is -2.51. The summed E-state index contributed by atoms with van der Waals surface area (Å²) in [5.74, 6) is -0.210. The average Bonchev–Trinajstić information content (AvgIpc) is 3.11. The van der Waals surface area contributed by atoms with E-state index in [1.165, 1.54) is 23.0 Å². The molecule has 1 amide bonds. The molecule has 9 heteroatoms. The number of carbonyl (C=O) groups excluding carboxylic acids is 1. The normalized spacial score (nSPS) is 18.8. The van der Waals surface area contributed by atoms with Crippen LogP contribution >= 0.6 is 0 Å². The second-order valence-electron chi connectivity index (χ2n) is 6.25. The van der Waals surface area contributed by atoms with Crippen LogP contribution in [-0.2, 0) is 0 Å². The molecule has 0 radical (unpaired) electrons. The van der Waals surface area contributed by atoms with E-state index in [9.17, 15) is 14.9 Å². The molecule has 2 aromatic rings. The number of nitro benzene ring substituents is 1. The molecule has 25 heavy (non-hydrogen) atoms. The van der Waals surface area contributed by atoms with Gasteiger partial charge in [-0.2, -0.15) is 0 Å². The molecule has 2 unspecified atom stereocenters. The van der Waals surface area contributed by atoms with E-state index >= 15 is 0 Å². The van der Waals surface area contributed by atoms with E-state index in [4.69, 9.17) is 5.73 Å². The SMILES string of the molecule is CC(N)C1CCCCN1C(=O)c1cn(-c2cccc([N+](=O)[O-])c2)nn1. The third-order valence-electron chi connectivity index (χ3n) is 4.43. The second-order valence-corrected chi connectivity index (χ2v) is 6.25. The average molecular weight is 344 g/mol. The second kappa shape index (κ2) is 6.98. The first-order valence-corrected chi connectivity index (χ1v) is 8.21. The first-order valence-electron chi connectivity index (χ1n) is 8.21. The fourth-order valence-corrected chi connectivity index (χ4v) is 3.14. The number of amides is 1. The molecule has 3 rings (SSSR count). The molecule has 1 fully saturated rings. The van der Waals surface area contributed by atoms with Gasteiger partial charge in [0.25, 0.3) is 11.6 Å². The minimum absolute atomic E-state index is 0.00999. The molecule has 0 bridgehead atoms. The van der Waals surface area contributed by atoms with Gasteiger partial charge in [0, 0.05) is 30.8 Å². The van der Waals surface area contributed by atoms with Crippen molar-refractivity contribution in [3.63, 3.8) is 0 Å². The van der Waals surface area contributed by atoms with Crippen molar-refractivity contribution in [2.45, 2.75) is 38.3 Å². The van der Waals surface area contributed by atoms with Gasteiger partial charge in [-0.15, -0.1) is 5.10 Å². The maximum absolute atomic E-state index is 12.8. The summed E-state index contributed by atoms with van der Waals surface area (Å²) < 4.78 is 1.37. The van der Waals surface area contributed by atoms with Gasteiger partial charge in [-0.05, 0) is 32.3 Å². The molecule has 132 valence electrons. The predicted molar refractivity (Wildman–Crippen MR) is 90.3 cm³/mol. The Morgan fingerprint density at radius 2 is 2.24 bits per heavy atom. The summed E-state index contributed by atoms with van der Waals surface area (Å²) in [7, 11) is 0. The highest BCUT2D eigenvalue weighted by atomic mass is 16.6. The summed E-state index contributed by atoms with van der Waals surface area (Å²) in [6.45, 7) is 2.55. The maximum Gasteiger partial charge on any atom is 0.276 e. The molecule has 1 aromatic heterocycles. The quantitative estimate of drug-likeness (QED) is 0.663. The maximum atomic E-state index is 12.8. The minimum atomic E-state index is -0.479.